The molecule has 1 fully saturated rings. The summed E-state index contributed by atoms with van der Waals surface area (Å²) < 4.78 is 29.0. The molecule has 1 aliphatic rings. The third-order valence-corrected chi connectivity index (χ3v) is 5.61. The van der Waals surface area contributed by atoms with E-state index >= 15 is 0 Å². The molecule has 28 heavy (non-hydrogen) atoms. The molecule has 3 heterocycles. The standard InChI is InChI=1S/C19H24N4O4S/c1-13-16(6-7-18(21-13)28(3,25)26)22-19(24)17-5-4-15(12-20-17)27-14-8-10-23(2)11-9-14/h4-7,12,14H,8-11H2,1-3H3,(H,22,24). The minimum absolute atomic E-state index is 0.0310. The van der Waals surface area contributed by atoms with Crippen LogP contribution >= 0.6 is 0 Å². The topological polar surface area (TPSA) is 101 Å². The monoisotopic (exact) mass is 404 g/mol. The second kappa shape index (κ2) is 8.24. The van der Waals surface area contributed by atoms with Crippen molar-refractivity contribution in [2.24, 2.45) is 0 Å². The Labute approximate surface area is 164 Å². The van der Waals surface area contributed by atoms with E-state index in [0.717, 1.165) is 32.2 Å². The zero-order valence-corrected chi connectivity index (χ0v) is 17.0. The number of aryl methyl sites for hydroxylation is 1. The van der Waals surface area contributed by atoms with Gasteiger partial charge in [0.25, 0.3) is 5.91 Å². The van der Waals surface area contributed by atoms with E-state index in [1.54, 1.807) is 25.3 Å². The van der Waals surface area contributed by atoms with Crippen molar-refractivity contribution in [3.8, 4) is 5.75 Å². The molecule has 2 aromatic heterocycles. The SMILES string of the molecule is Cc1nc(S(C)(=O)=O)ccc1NC(=O)c1ccc(OC2CCN(C)CC2)cn1. The Balaban J connectivity index is 1.63. The van der Waals surface area contributed by atoms with E-state index in [-0.39, 0.29) is 16.8 Å². The molecule has 1 amide bonds. The smallest absolute Gasteiger partial charge is 0.274 e. The van der Waals surface area contributed by atoms with Crippen LogP contribution in [0, 0.1) is 6.92 Å². The Bertz CT molecular complexity index is 952. The fraction of sp³-hybridized carbons (Fsp3) is 0.421. The number of pyridine rings is 2. The van der Waals surface area contributed by atoms with Gasteiger partial charge >= 0.3 is 0 Å². The van der Waals surface area contributed by atoms with Crippen LogP contribution in [-0.4, -0.2) is 61.7 Å². The van der Waals surface area contributed by atoms with E-state index < -0.39 is 15.7 Å². The number of nitrogens with one attached hydrogen (secondary N) is 1. The molecule has 1 aliphatic heterocycles. The van der Waals surface area contributed by atoms with Crippen molar-refractivity contribution in [2.45, 2.75) is 30.9 Å². The molecule has 0 radical (unpaired) electrons. The van der Waals surface area contributed by atoms with Gasteiger partial charge in [0, 0.05) is 19.3 Å². The van der Waals surface area contributed by atoms with Crippen molar-refractivity contribution in [1.29, 1.82) is 0 Å². The summed E-state index contributed by atoms with van der Waals surface area (Å²) >= 11 is 0. The molecule has 0 aliphatic carbocycles. The van der Waals surface area contributed by atoms with Gasteiger partial charge in [0.2, 0.25) is 0 Å². The number of aromatic nitrogens is 2. The summed E-state index contributed by atoms with van der Waals surface area (Å²) in [5.41, 5.74) is 1.09. The summed E-state index contributed by atoms with van der Waals surface area (Å²) in [6.07, 6.45) is 4.74. The number of hydrogen-bond acceptors (Lipinski definition) is 7. The van der Waals surface area contributed by atoms with E-state index in [2.05, 4.69) is 27.2 Å². The quantitative estimate of drug-likeness (QED) is 0.812. The maximum atomic E-state index is 12.4. The van der Waals surface area contributed by atoms with Gasteiger partial charge in [-0.05, 0) is 51.1 Å². The molecule has 0 spiro atoms. The van der Waals surface area contributed by atoms with Crippen molar-refractivity contribution < 1.29 is 17.9 Å². The number of piperidine rings is 1. The van der Waals surface area contributed by atoms with Crippen molar-refractivity contribution in [3.63, 3.8) is 0 Å². The third-order valence-electron chi connectivity index (χ3n) is 4.63. The Hall–Kier alpha value is -2.52. The van der Waals surface area contributed by atoms with E-state index in [0.29, 0.717) is 17.1 Å². The lowest BCUT2D eigenvalue weighted by Gasteiger charge is -2.29. The molecule has 8 nitrogen and oxygen atoms in total. The molecular weight excluding hydrogens is 380 g/mol. The first-order chi connectivity index (χ1) is 13.2. The zero-order valence-electron chi connectivity index (χ0n) is 16.2. The van der Waals surface area contributed by atoms with Crippen LogP contribution in [0.1, 0.15) is 29.0 Å². The van der Waals surface area contributed by atoms with Gasteiger partial charge in [-0.1, -0.05) is 0 Å². The van der Waals surface area contributed by atoms with Crippen LogP contribution in [0.3, 0.4) is 0 Å². The summed E-state index contributed by atoms with van der Waals surface area (Å²) in [7, 11) is -1.30. The van der Waals surface area contributed by atoms with Crippen LogP contribution < -0.4 is 10.1 Å². The summed E-state index contributed by atoms with van der Waals surface area (Å²) in [6, 6.07) is 6.23. The number of nitrogens with zero attached hydrogens (tertiary/aromatic N) is 3. The Morgan fingerprint density at radius 2 is 1.93 bits per heavy atom. The number of hydrogen-bond donors (Lipinski definition) is 1. The molecule has 2 aromatic rings. The lowest BCUT2D eigenvalue weighted by Crippen LogP contribution is -2.35. The second-order valence-electron chi connectivity index (χ2n) is 7.01. The normalized spacial score (nSPS) is 16.0. The second-order valence-corrected chi connectivity index (χ2v) is 8.97. The number of sulfone groups is 1. The van der Waals surface area contributed by atoms with E-state index in [4.69, 9.17) is 4.74 Å². The predicted molar refractivity (Wildman–Crippen MR) is 105 cm³/mol. The first-order valence-electron chi connectivity index (χ1n) is 9.02. The van der Waals surface area contributed by atoms with Crippen LogP contribution in [0.5, 0.6) is 5.75 Å². The number of rotatable bonds is 5. The van der Waals surface area contributed by atoms with E-state index in [1.807, 2.05) is 0 Å². The van der Waals surface area contributed by atoms with E-state index in [9.17, 15) is 13.2 Å². The molecule has 3 rings (SSSR count). The van der Waals surface area contributed by atoms with Gasteiger partial charge < -0.3 is 15.0 Å². The molecule has 0 atom stereocenters. The van der Waals surface area contributed by atoms with Gasteiger partial charge in [-0.25, -0.2) is 18.4 Å². The molecule has 9 heteroatoms. The predicted octanol–water partition coefficient (Wildman–Crippen LogP) is 1.91. The highest BCUT2D eigenvalue weighted by atomic mass is 32.2. The molecule has 1 saturated heterocycles. The molecule has 0 unspecified atom stereocenters. The summed E-state index contributed by atoms with van der Waals surface area (Å²) in [5, 5.41) is 2.67. The molecular formula is C19H24N4O4S. The highest BCUT2D eigenvalue weighted by Crippen LogP contribution is 2.19. The van der Waals surface area contributed by atoms with Crippen LogP contribution in [-0.2, 0) is 9.84 Å². The van der Waals surface area contributed by atoms with Gasteiger partial charge in [-0.2, -0.15) is 0 Å². The molecule has 0 aromatic carbocycles. The van der Waals surface area contributed by atoms with Crippen molar-refractivity contribution in [1.82, 2.24) is 14.9 Å². The lowest BCUT2D eigenvalue weighted by molar-refractivity contribution is 0.102. The Morgan fingerprint density at radius 3 is 2.50 bits per heavy atom. The minimum Gasteiger partial charge on any atom is -0.489 e. The van der Waals surface area contributed by atoms with Gasteiger partial charge in [-0.3, -0.25) is 4.79 Å². The van der Waals surface area contributed by atoms with Crippen LogP contribution in [0.2, 0.25) is 0 Å². The first-order valence-corrected chi connectivity index (χ1v) is 10.9. The number of carbonyl (C=O) groups excluding carboxylic acids is 1. The molecule has 0 bridgehead atoms. The molecule has 0 saturated carbocycles. The molecule has 150 valence electrons. The maximum Gasteiger partial charge on any atom is 0.274 e. The van der Waals surface area contributed by atoms with Crippen molar-refractivity contribution in [3.05, 3.63) is 41.9 Å². The number of ether oxygens (including phenoxy) is 1. The summed E-state index contributed by atoms with van der Waals surface area (Å²) in [4.78, 5) is 22.9. The molecule has 1 N–H and O–H groups in total. The largest absolute Gasteiger partial charge is 0.489 e. The van der Waals surface area contributed by atoms with Crippen LogP contribution in [0.25, 0.3) is 0 Å². The fourth-order valence-corrected chi connectivity index (χ4v) is 3.56. The average molecular weight is 404 g/mol. The number of amides is 1. The number of carbonyl (C=O) groups is 1. The van der Waals surface area contributed by atoms with Crippen molar-refractivity contribution >= 4 is 21.4 Å². The van der Waals surface area contributed by atoms with E-state index in [1.165, 1.54) is 12.1 Å². The first kappa shape index (κ1) is 20.2. The number of anilines is 1. The Kier molecular flexibility index (Phi) is 5.95. The maximum absolute atomic E-state index is 12.4. The highest BCUT2D eigenvalue weighted by molar-refractivity contribution is 7.90. The van der Waals surface area contributed by atoms with Gasteiger partial charge in [0.05, 0.1) is 17.6 Å². The minimum atomic E-state index is -3.40. The lowest BCUT2D eigenvalue weighted by atomic mass is 10.1. The van der Waals surface area contributed by atoms with Gasteiger partial charge in [0.1, 0.15) is 17.5 Å². The third kappa shape index (κ3) is 5.05. The highest BCUT2D eigenvalue weighted by Gasteiger charge is 2.18. The van der Waals surface area contributed by atoms with Crippen LogP contribution in [0.4, 0.5) is 5.69 Å². The average Bonchev–Trinajstić information content (AvgIpc) is 2.65. The van der Waals surface area contributed by atoms with Crippen LogP contribution in [0.15, 0.2) is 35.5 Å². The van der Waals surface area contributed by atoms with Crippen molar-refractivity contribution in [2.75, 3.05) is 31.7 Å². The van der Waals surface area contributed by atoms with Gasteiger partial charge in [-0.15, -0.1) is 0 Å². The summed E-state index contributed by atoms with van der Waals surface area (Å²) in [6.45, 7) is 3.64. The Morgan fingerprint density at radius 1 is 1.21 bits per heavy atom. The fourth-order valence-electron chi connectivity index (χ4n) is 2.94. The number of likely N-dealkylation sites (tertiary alicyclic amines) is 1. The van der Waals surface area contributed by atoms with Gasteiger partial charge in [0.15, 0.2) is 14.9 Å². The summed E-state index contributed by atoms with van der Waals surface area (Å²) in [5.74, 6) is 0.240. The zero-order chi connectivity index (χ0) is 20.3.